The van der Waals surface area contributed by atoms with Gasteiger partial charge in [0.05, 0.1) is 18.0 Å². The van der Waals surface area contributed by atoms with Gasteiger partial charge in [-0.1, -0.05) is 0 Å². The van der Waals surface area contributed by atoms with Gasteiger partial charge in [0.2, 0.25) is 0 Å². The number of carboxylic acids is 1. The van der Waals surface area contributed by atoms with E-state index in [9.17, 15) is 9.90 Å². The first-order chi connectivity index (χ1) is 12.2. The van der Waals surface area contributed by atoms with Crippen LogP contribution in [-0.4, -0.2) is 38.4 Å². The number of carboxylic acid groups (broad SMARTS) is 1. The number of hydrogen-bond donors (Lipinski definition) is 3. The maximum atomic E-state index is 11.5. The highest BCUT2D eigenvalue weighted by Gasteiger charge is 2.20. The Balaban J connectivity index is 1.92. The van der Waals surface area contributed by atoms with Gasteiger partial charge < -0.3 is 15.2 Å². The van der Waals surface area contributed by atoms with Gasteiger partial charge in [-0.25, -0.2) is 9.78 Å². The number of aromatic nitrogens is 4. The summed E-state index contributed by atoms with van der Waals surface area (Å²) in [5, 5.41) is 20.4. The molecule has 4 rings (SSSR count). The van der Waals surface area contributed by atoms with Crippen LogP contribution in [0.2, 0.25) is 0 Å². The highest BCUT2D eigenvalue weighted by Crippen LogP contribution is 2.32. The van der Waals surface area contributed by atoms with Crippen LogP contribution in [0.3, 0.4) is 0 Å². The molecule has 0 spiro atoms. The molecule has 0 bridgehead atoms. The van der Waals surface area contributed by atoms with E-state index >= 15 is 0 Å². The normalized spacial score (nSPS) is 10.9. The van der Waals surface area contributed by atoms with Crippen molar-refractivity contribution in [3.8, 4) is 5.75 Å². The minimum atomic E-state index is -1.11. The topological polar surface area (TPSA) is 113 Å². The molecular formula is C17H13N5O3. The number of aromatic amines is 1. The number of H-pyrrole nitrogens is 1. The molecule has 8 heteroatoms. The van der Waals surface area contributed by atoms with Crippen LogP contribution in [0, 0.1) is 0 Å². The smallest absolute Gasteiger partial charge is 0.354 e. The summed E-state index contributed by atoms with van der Waals surface area (Å²) in [5.74, 6) is 0.0260. The summed E-state index contributed by atoms with van der Waals surface area (Å²) in [6.45, 7) is 0. The van der Waals surface area contributed by atoms with E-state index in [0.29, 0.717) is 27.6 Å². The Bertz CT molecular complexity index is 1090. The molecule has 0 amide bonds. The van der Waals surface area contributed by atoms with Crippen LogP contribution in [-0.2, 0) is 0 Å². The second kappa shape index (κ2) is 5.75. The summed E-state index contributed by atoms with van der Waals surface area (Å²) in [6.07, 6.45) is 3.25. The zero-order valence-electron chi connectivity index (χ0n) is 13.1. The van der Waals surface area contributed by atoms with Crippen LogP contribution in [0.1, 0.15) is 10.5 Å². The van der Waals surface area contributed by atoms with Crippen LogP contribution < -0.4 is 10.1 Å². The highest BCUT2D eigenvalue weighted by atomic mass is 16.5. The lowest BCUT2D eigenvalue weighted by Gasteiger charge is -2.09. The maximum absolute atomic E-state index is 11.5. The fourth-order valence-corrected chi connectivity index (χ4v) is 2.67. The number of nitrogens with one attached hydrogen (secondary N) is 2. The number of hydrogen-bond acceptors (Lipinski definition) is 6. The van der Waals surface area contributed by atoms with Crippen molar-refractivity contribution < 1.29 is 14.6 Å². The number of methoxy groups -OCH3 is 1. The summed E-state index contributed by atoms with van der Waals surface area (Å²) in [6, 6.07) is 9.01. The second-order valence-electron chi connectivity index (χ2n) is 5.33. The van der Waals surface area contributed by atoms with Gasteiger partial charge in [-0.3, -0.25) is 10.1 Å². The zero-order chi connectivity index (χ0) is 17.4. The summed E-state index contributed by atoms with van der Waals surface area (Å²) >= 11 is 0. The molecule has 8 nitrogen and oxygen atoms in total. The minimum Gasteiger partial charge on any atom is -0.497 e. The molecule has 3 N–H and O–H groups in total. The Morgan fingerprint density at radius 2 is 2.04 bits per heavy atom. The van der Waals surface area contributed by atoms with Gasteiger partial charge in [-0.05, 0) is 30.3 Å². The molecule has 0 fully saturated rings. The average molecular weight is 335 g/mol. The van der Waals surface area contributed by atoms with Crippen LogP contribution in [0.5, 0.6) is 5.75 Å². The molecule has 0 unspecified atom stereocenters. The first-order valence-electron chi connectivity index (χ1n) is 7.43. The lowest BCUT2D eigenvalue weighted by atomic mass is 10.1. The van der Waals surface area contributed by atoms with Crippen LogP contribution in [0.15, 0.2) is 42.7 Å². The van der Waals surface area contributed by atoms with Gasteiger partial charge in [-0.15, -0.1) is 0 Å². The second-order valence-corrected chi connectivity index (χ2v) is 5.33. The number of carbonyl (C=O) groups is 1. The van der Waals surface area contributed by atoms with Crippen molar-refractivity contribution in [2.75, 3.05) is 12.4 Å². The first-order valence-corrected chi connectivity index (χ1v) is 7.43. The molecule has 0 saturated heterocycles. The standard InChI is InChI=1S/C17H13N5O3/c1-25-10-4-2-9(3-5-10)19-16-13-14(21-22-15(13)17(23)24)11-8-18-7-6-12(11)20-16/h2-8H,1H3,(H,19,20)(H,21,22)(H,23,24). The largest absolute Gasteiger partial charge is 0.497 e. The van der Waals surface area contributed by atoms with Crippen molar-refractivity contribution in [3.63, 3.8) is 0 Å². The van der Waals surface area contributed by atoms with E-state index in [4.69, 9.17) is 4.74 Å². The van der Waals surface area contributed by atoms with Gasteiger partial charge in [0.1, 0.15) is 17.1 Å². The van der Waals surface area contributed by atoms with Crippen molar-refractivity contribution in [2.45, 2.75) is 0 Å². The molecule has 0 aliphatic carbocycles. The van der Waals surface area contributed by atoms with E-state index in [1.807, 2.05) is 12.1 Å². The van der Waals surface area contributed by atoms with E-state index < -0.39 is 5.97 Å². The molecule has 4 aromatic rings. The molecule has 0 aliphatic rings. The van der Waals surface area contributed by atoms with E-state index in [-0.39, 0.29) is 5.69 Å². The Hall–Kier alpha value is -3.68. The zero-order valence-corrected chi connectivity index (χ0v) is 13.1. The predicted octanol–water partition coefficient (Wildman–Crippen LogP) is 2.96. The Morgan fingerprint density at radius 3 is 2.76 bits per heavy atom. The summed E-state index contributed by atoms with van der Waals surface area (Å²) < 4.78 is 5.14. The summed E-state index contributed by atoms with van der Waals surface area (Å²) in [7, 11) is 1.59. The monoisotopic (exact) mass is 335 g/mol. The van der Waals surface area contributed by atoms with Crippen molar-refractivity contribution >= 4 is 39.3 Å². The Morgan fingerprint density at radius 1 is 1.24 bits per heavy atom. The number of ether oxygens (including phenoxy) is 1. The van der Waals surface area contributed by atoms with Crippen molar-refractivity contribution in [1.29, 1.82) is 0 Å². The van der Waals surface area contributed by atoms with Crippen LogP contribution >= 0.6 is 0 Å². The van der Waals surface area contributed by atoms with Crippen LogP contribution in [0.25, 0.3) is 21.8 Å². The molecule has 1 aromatic carbocycles. The molecule has 0 saturated carbocycles. The molecule has 3 heterocycles. The predicted molar refractivity (Wildman–Crippen MR) is 92.4 cm³/mol. The number of fused-ring (bicyclic) bond motifs is 3. The van der Waals surface area contributed by atoms with Gasteiger partial charge in [0, 0.05) is 23.5 Å². The number of nitrogens with zero attached hydrogens (tertiary/aromatic N) is 3. The lowest BCUT2D eigenvalue weighted by molar-refractivity contribution is 0.0692. The first kappa shape index (κ1) is 14.9. The fourth-order valence-electron chi connectivity index (χ4n) is 2.67. The Labute approximate surface area is 141 Å². The SMILES string of the molecule is COc1ccc(Nc2nc3ccncc3c3n[nH]c(C(=O)O)c23)cc1. The molecule has 25 heavy (non-hydrogen) atoms. The third-order valence-corrected chi connectivity index (χ3v) is 3.86. The average Bonchev–Trinajstić information content (AvgIpc) is 3.08. The van der Waals surface area contributed by atoms with E-state index in [0.717, 1.165) is 11.4 Å². The molecule has 0 atom stereocenters. The van der Waals surface area contributed by atoms with Gasteiger partial charge in [0.25, 0.3) is 0 Å². The molecule has 0 radical (unpaired) electrons. The van der Waals surface area contributed by atoms with E-state index in [1.165, 1.54) is 0 Å². The quantitative estimate of drug-likeness (QED) is 0.525. The highest BCUT2D eigenvalue weighted by molar-refractivity contribution is 6.14. The molecular weight excluding hydrogens is 322 g/mol. The number of rotatable bonds is 4. The summed E-state index contributed by atoms with van der Waals surface area (Å²) in [4.78, 5) is 20.2. The number of aromatic carboxylic acids is 1. The summed E-state index contributed by atoms with van der Waals surface area (Å²) in [5.41, 5.74) is 1.90. The maximum Gasteiger partial charge on any atom is 0.354 e. The van der Waals surface area contributed by atoms with Crippen molar-refractivity contribution in [2.24, 2.45) is 0 Å². The van der Waals surface area contributed by atoms with Crippen molar-refractivity contribution in [3.05, 3.63) is 48.4 Å². The van der Waals surface area contributed by atoms with Gasteiger partial charge in [0.15, 0.2) is 5.69 Å². The van der Waals surface area contributed by atoms with Crippen molar-refractivity contribution in [1.82, 2.24) is 20.2 Å². The number of anilines is 2. The third kappa shape index (κ3) is 2.49. The molecule has 0 aliphatic heterocycles. The third-order valence-electron chi connectivity index (χ3n) is 3.86. The van der Waals surface area contributed by atoms with E-state index in [2.05, 4.69) is 25.5 Å². The number of benzene rings is 1. The molecule has 3 aromatic heterocycles. The Kier molecular flexibility index (Phi) is 3.42. The lowest BCUT2D eigenvalue weighted by Crippen LogP contribution is -2.01. The minimum absolute atomic E-state index is 0.0238. The van der Waals surface area contributed by atoms with Gasteiger partial charge >= 0.3 is 5.97 Å². The fraction of sp³-hybridized carbons (Fsp3) is 0.0588. The van der Waals surface area contributed by atoms with Gasteiger partial charge in [-0.2, -0.15) is 5.10 Å². The van der Waals surface area contributed by atoms with E-state index in [1.54, 1.807) is 37.7 Å². The molecule has 124 valence electrons. The van der Waals surface area contributed by atoms with Crippen LogP contribution in [0.4, 0.5) is 11.5 Å². The number of pyridine rings is 2.